The molecule has 1 nitrogen and oxygen atoms in total. The lowest BCUT2D eigenvalue weighted by Gasteiger charge is -2.10. The van der Waals surface area contributed by atoms with Crippen LogP contribution in [0.15, 0.2) is 18.2 Å². The van der Waals surface area contributed by atoms with Crippen molar-refractivity contribution >= 4 is 0 Å². The predicted molar refractivity (Wildman–Crippen MR) is 55.4 cm³/mol. The molecular weight excluding hydrogens is 217 g/mol. The van der Waals surface area contributed by atoms with Crippen LogP contribution in [-0.4, -0.2) is 5.11 Å². The second-order valence-electron chi connectivity index (χ2n) is 3.69. The van der Waals surface area contributed by atoms with E-state index >= 15 is 0 Å². The SMILES string of the molecule is CCCCc1cc([CH]O)cc(C(F)(F)F)c1. The first-order valence-electron chi connectivity index (χ1n) is 5.16. The van der Waals surface area contributed by atoms with Crippen molar-refractivity contribution in [2.45, 2.75) is 32.4 Å². The summed E-state index contributed by atoms with van der Waals surface area (Å²) >= 11 is 0. The summed E-state index contributed by atoms with van der Waals surface area (Å²) in [4.78, 5) is 0. The van der Waals surface area contributed by atoms with Crippen molar-refractivity contribution in [2.24, 2.45) is 0 Å². The van der Waals surface area contributed by atoms with E-state index in [9.17, 15) is 13.2 Å². The highest BCUT2D eigenvalue weighted by Crippen LogP contribution is 2.31. The van der Waals surface area contributed by atoms with Gasteiger partial charge >= 0.3 is 6.18 Å². The first kappa shape index (κ1) is 13.0. The Hall–Kier alpha value is -1.03. The monoisotopic (exact) mass is 231 g/mol. The summed E-state index contributed by atoms with van der Waals surface area (Å²) in [6.45, 7) is 2.68. The average molecular weight is 231 g/mol. The zero-order valence-corrected chi connectivity index (χ0v) is 9.01. The third kappa shape index (κ3) is 3.52. The summed E-state index contributed by atoms with van der Waals surface area (Å²) in [6, 6.07) is 3.66. The van der Waals surface area contributed by atoms with E-state index in [-0.39, 0.29) is 5.56 Å². The van der Waals surface area contributed by atoms with Crippen molar-refractivity contribution in [1.82, 2.24) is 0 Å². The van der Waals surface area contributed by atoms with E-state index in [0.29, 0.717) is 18.6 Å². The second kappa shape index (κ2) is 5.34. The van der Waals surface area contributed by atoms with Gasteiger partial charge in [-0.2, -0.15) is 13.2 Å². The Morgan fingerprint density at radius 3 is 2.44 bits per heavy atom. The molecule has 89 valence electrons. The predicted octanol–water partition coefficient (Wildman–Crippen LogP) is 3.93. The van der Waals surface area contributed by atoms with Crippen LogP contribution in [0.4, 0.5) is 13.2 Å². The maximum atomic E-state index is 12.5. The topological polar surface area (TPSA) is 20.2 Å². The highest BCUT2D eigenvalue weighted by atomic mass is 19.4. The van der Waals surface area contributed by atoms with Crippen molar-refractivity contribution < 1.29 is 18.3 Å². The lowest BCUT2D eigenvalue weighted by molar-refractivity contribution is -0.137. The van der Waals surface area contributed by atoms with Gasteiger partial charge in [0.05, 0.1) is 5.56 Å². The van der Waals surface area contributed by atoms with Gasteiger partial charge in [-0.1, -0.05) is 19.4 Å². The normalized spacial score (nSPS) is 11.8. The van der Waals surface area contributed by atoms with Gasteiger partial charge in [0.1, 0.15) is 6.61 Å². The first-order valence-corrected chi connectivity index (χ1v) is 5.16. The Bertz CT molecular complexity index is 345. The van der Waals surface area contributed by atoms with E-state index in [2.05, 4.69) is 0 Å². The van der Waals surface area contributed by atoms with Gasteiger partial charge in [0.25, 0.3) is 0 Å². The highest BCUT2D eigenvalue weighted by molar-refractivity contribution is 5.34. The van der Waals surface area contributed by atoms with E-state index in [1.165, 1.54) is 0 Å². The minimum absolute atomic E-state index is 0.195. The number of aliphatic hydroxyl groups is 1. The number of rotatable bonds is 4. The fourth-order valence-electron chi connectivity index (χ4n) is 1.48. The van der Waals surface area contributed by atoms with Crippen LogP contribution in [0, 0.1) is 6.61 Å². The summed E-state index contributed by atoms with van der Waals surface area (Å²) in [5.41, 5.74) is 0.0966. The molecule has 1 aromatic rings. The molecule has 0 atom stereocenters. The molecule has 0 fully saturated rings. The standard InChI is InChI=1S/C12H14F3O/c1-2-3-4-9-5-10(8-16)7-11(6-9)12(13,14)15/h5-8,16H,2-4H2,1H3. The smallest absolute Gasteiger partial charge is 0.385 e. The summed E-state index contributed by atoms with van der Waals surface area (Å²) in [7, 11) is 0. The highest BCUT2D eigenvalue weighted by Gasteiger charge is 2.30. The number of unbranched alkanes of at least 4 members (excludes halogenated alkanes) is 1. The van der Waals surface area contributed by atoms with Gasteiger partial charge in [-0.25, -0.2) is 0 Å². The van der Waals surface area contributed by atoms with Crippen molar-refractivity contribution in [3.05, 3.63) is 41.5 Å². The molecule has 1 N–H and O–H groups in total. The molecule has 0 unspecified atom stereocenters. The van der Waals surface area contributed by atoms with Crippen LogP contribution in [0.25, 0.3) is 0 Å². The van der Waals surface area contributed by atoms with Gasteiger partial charge in [0.15, 0.2) is 0 Å². The van der Waals surface area contributed by atoms with E-state index in [1.807, 2.05) is 6.92 Å². The van der Waals surface area contributed by atoms with Crippen LogP contribution in [0.2, 0.25) is 0 Å². The van der Waals surface area contributed by atoms with Crippen LogP contribution in [0.1, 0.15) is 36.5 Å². The van der Waals surface area contributed by atoms with Gasteiger partial charge in [-0.05, 0) is 36.1 Å². The zero-order chi connectivity index (χ0) is 12.2. The molecule has 1 rings (SSSR count). The molecule has 1 radical (unpaired) electrons. The average Bonchev–Trinajstić information content (AvgIpc) is 2.24. The third-order valence-corrected chi connectivity index (χ3v) is 2.31. The Labute approximate surface area is 92.9 Å². The molecule has 0 aliphatic heterocycles. The number of alkyl halides is 3. The van der Waals surface area contributed by atoms with Gasteiger partial charge in [-0.3, -0.25) is 0 Å². The number of aryl methyl sites for hydroxylation is 1. The molecule has 16 heavy (non-hydrogen) atoms. The molecular formula is C12H14F3O. The summed E-state index contributed by atoms with van der Waals surface area (Å²) in [6.07, 6.45) is -2.00. The molecule has 0 aromatic heterocycles. The Balaban J connectivity index is 3.01. The Morgan fingerprint density at radius 2 is 1.94 bits per heavy atom. The molecule has 0 saturated heterocycles. The van der Waals surface area contributed by atoms with Crippen molar-refractivity contribution in [1.29, 1.82) is 0 Å². The molecule has 0 amide bonds. The van der Waals surface area contributed by atoms with Gasteiger partial charge in [0, 0.05) is 0 Å². The number of aliphatic hydroxyl groups excluding tert-OH is 1. The van der Waals surface area contributed by atoms with Crippen molar-refractivity contribution in [2.75, 3.05) is 0 Å². The van der Waals surface area contributed by atoms with Crippen LogP contribution in [0.5, 0.6) is 0 Å². The maximum Gasteiger partial charge on any atom is 0.416 e. The van der Waals surface area contributed by atoms with E-state index in [0.717, 1.165) is 25.0 Å². The molecule has 0 aliphatic carbocycles. The quantitative estimate of drug-likeness (QED) is 0.832. The Morgan fingerprint density at radius 1 is 1.25 bits per heavy atom. The minimum Gasteiger partial charge on any atom is -0.385 e. The van der Waals surface area contributed by atoms with E-state index < -0.39 is 11.7 Å². The van der Waals surface area contributed by atoms with Crippen LogP contribution >= 0.6 is 0 Å². The van der Waals surface area contributed by atoms with Crippen molar-refractivity contribution in [3.63, 3.8) is 0 Å². The van der Waals surface area contributed by atoms with E-state index in [4.69, 9.17) is 5.11 Å². The number of benzene rings is 1. The minimum atomic E-state index is -4.36. The summed E-state index contributed by atoms with van der Waals surface area (Å²) in [5.74, 6) is 0. The molecule has 0 bridgehead atoms. The van der Waals surface area contributed by atoms with Crippen LogP contribution in [0.3, 0.4) is 0 Å². The lowest BCUT2D eigenvalue weighted by atomic mass is 10.0. The van der Waals surface area contributed by atoms with Gasteiger partial charge in [0.2, 0.25) is 0 Å². The summed E-state index contributed by atoms with van der Waals surface area (Å²) in [5, 5.41) is 8.79. The fraction of sp³-hybridized carbons (Fsp3) is 0.417. The Kier molecular flexibility index (Phi) is 4.35. The molecule has 0 saturated carbocycles. The van der Waals surface area contributed by atoms with Crippen LogP contribution < -0.4 is 0 Å². The van der Waals surface area contributed by atoms with Gasteiger partial charge < -0.3 is 5.11 Å². The molecule has 0 heterocycles. The molecule has 0 spiro atoms. The molecule has 0 aliphatic rings. The second-order valence-corrected chi connectivity index (χ2v) is 3.69. The fourth-order valence-corrected chi connectivity index (χ4v) is 1.48. The number of hydrogen-bond acceptors (Lipinski definition) is 1. The molecule has 1 aromatic carbocycles. The summed E-state index contributed by atoms with van der Waals surface area (Å²) < 4.78 is 37.5. The van der Waals surface area contributed by atoms with E-state index in [1.54, 1.807) is 6.07 Å². The van der Waals surface area contributed by atoms with Crippen LogP contribution in [-0.2, 0) is 12.6 Å². The number of halogens is 3. The molecule has 4 heteroatoms. The maximum absolute atomic E-state index is 12.5. The van der Waals surface area contributed by atoms with Crippen molar-refractivity contribution in [3.8, 4) is 0 Å². The van der Waals surface area contributed by atoms with Gasteiger partial charge in [-0.15, -0.1) is 0 Å². The first-order chi connectivity index (χ1) is 7.47. The zero-order valence-electron chi connectivity index (χ0n) is 9.01. The third-order valence-electron chi connectivity index (χ3n) is 2.31. The largest absolute Gasteiger partial charge is 0.416 e. The number of hydrogen-bond donors (Lipinski definition) is 1. The lowest BCUT2D eigenvalue weighted by Crippen LogP contribution is -2.06.